The van der Waals surface area contributed by atoms with Crippen LogP contribution in [-0.2, 0) is 4.79 Å². The molecule has 2 aliphatic rings. The van der Waals surface area contributed by atoms with E-state index < -0.39 is 0 Å². The highest BCUT2D eigenvalue weighted by Gasteiger charge is 2.18. The third-order valence-electron chi connectivity index (χ3n) is 4.01. The number of carbonyl (C=O) groups is 1. The van der Waals surface area contributed by atoms with Crippen LogP contribution in [0.2, 0.25) is 0 Å². The lowest BCUT2D eigenvalue weighted by Gasteiger charge is -2.22. The Bertz CT molecular complexity index is 640. The Hall–Kier alpha value is -2.48. The predicted octanol–water partition coefficient (Wildman–Crippen LogP) is 2.77. The van der Waals surface area contributed by atoms with Gasteiger partial charge in [0.2, 0.25) is 6.79 Å². The van der Waals surface area contributed by atoms with Crippen molar-refractivity contribution in [3.63, 3.8) is 0 Å². The molecule has 5 heteroatoms. The Morgan fingerprint density at radius 1 is 1.23 bits per heavy atom. The smallest absolute Gasteiger partial charge is 0.262 e. The first-order chi connectivity index (χ1) is 10.8. The molecule has 3 rings (SSSR count). The van der Waals surface area contributed by atoms with Gasteiger partial charge in [0.1, 0.15) is 11.6 Å². The maximum Gasteiger partial charge on any atom is 0.262 e. The van der Waals surface area contributed by atoms with Crippen molar-refractivity contribution < 1.29 is 14.3 Å². The summed E-state index contributed by atoms with van der Waals surface area (Å²) in [7, 11) is 0. The van der Waals surface area contributed by atoms with Crippen LogP contribution in [0.3, 0.4) is 0 Å². The zero-order valence-electron chi connectivity index (χ0n) is 12.3. The topological polar surface area (TPSA) is 71.3 Å². The molecule has 0 unspecified atom stereocenters. The highest BCUT2D eigenvalue weighted by Crippen LogP contribution is 2.33. The molecule has 0 aromatic heterocycles. The fraction of sp³-hybridized carbons (Fsp3) is 0.412. The number of nitrogens with one attached hydrogen (secondary N) is 1. The van der Waals surface area contributed by atoms with Crippen LogP contribution in [0.15, 0.2) is 23.8 Å². The molecule has 1 aliphatic carbocycles. The van der Waals surface area contributed by atoms with Crippen molar-refractivity contribution in [2.45, 2.75) is 38.1 Å². The maximum absolute atomic E-state index is 12.2. The average molecular weight is 298 g/mol. The number of benzene rings is 1. The highest BCUT2D eigenvalue weighted by atomic mass is 16.7. The van der Waals surface area contributed by atoms with E-state index in [-0.39, 0.29) is 24.3 Å². The molecule has 1 aromatic carbocycles. The average Bonchev–Trinajstić information content (AvgIpc) is 3.01. The minimum absolute atomic E-state index is 0.115. The maximum atomic E-state index is 12.2. The summed E-state index contributed by atoms with van der Waals surface area (Å²) in [6.07, 6.45) is 7.07. The normalized spacial score (nSPS) is 17.9. The zero-order chi connectivity index (χ0) is 15.4. The SMILES string of the molecule is N#CC(=Cc1ccc2c(c1)OCO2)C(=O)NC1CCCCC1. The van der Waals surface area contributed by atoms with Gasteiger partial charge in [0.15, 0.2) is 11.5 Å². The fourth-order valence-electron chi connectivity index (χ4n) is 2.83. The van der Waals surface area contributed by atoms with Gasteiger partial charge in [0.25, 0.3) is 5.91 Å². The van der Waals surface area contributed by atoms with Crippen molar-refractivity contribution in [2.75, 3.05) is 6.79 Å². The van der Waals surface area contributed by atoms with E-state index in [1.807, 2.05) is 6.07 Å². The van der Waals surface area contributed by atoms with Gasteiger partial charge < -0.3 is 14.8 Å². The van der Waals surface area contributed by atoms with Crippen molar-refractivity contribution >= 4 is 12.0 Å². The number of rotatable bonds is 3. The first-order valence-corrected chi connectivity index (χ1v) is 7.58. The van der Waals surface area contributed by atoms with Crippen LogP contribution in [0.5, 0.6) is 11.5 Å². The third-order valence-corrected chi connectivity index (χ3v) is 4.01. The largest absolute Gasteiger partial charge is 0.454 e. The van der Waals surface area contributed by atoms with Gasteiger partial charge >= 0.3 is 0 Å². The molecule has 0 saturated heterocycles. The summed E-state index contributed by atoms with van der Waals surface area (Å²) in [5.74, 6) is 1.02. The van der Waals surface area contributed by atoms with Crippen molar-refractivity contribution in [3.05, 3.63) is 29.3 Å². The lowest BCUT2D eigenvalue weighted by Crippen LogP contribution is -2.36. The van der Waals surface area contributed by atoms with Gasteiger partial charge in [-0.25, -0.2) is 0 Å². The second-order valence-corrected chi connectivity index (χ2v) is 5.59. The summed E-state index contributed by atoms with van der Waals surface area (Å²) in [4.78, 5) is 12.2. The Kier molecular flexibility index (Phi) is 4.29. The molecular formula is C17H18N2O3. The molecule has 0 bridgehead atoms. The number of fused-ring (bicyclic) bond motifs is 1. The summed E-state index contributed by atoms with van der Waals surface area (Å²) in [6.45, 7) is 0.204. The van der Waals surface area contributed by atoms with Gasteiger partial charge in [-0.3, -0.25) is 4.79 Å². The molecule has 1 heterocycles. The van der Waals surface area contributed by atoms with Gasteiger partial charge in [-0.2, -0.15) is 5.26 Å². The van der Waals surface area contributed by atoms with Gasteiger partial charge in [-0.15, -0.1) is 0 Å². The molecule has 0 spiro atoms. The number of nitriles is 1. The number of ether oxygens (including phenoxy) is 2. The number of nitrogens with zero attached hydrogens (tertiary/aromatic N) is 1. The van der Waals surface area contributed by atoms with E-state index in [0.29, 0.717) is 11.5 Å². The van der Waals surface area contributed by atoms with Gasteiger partial charge in [0, 0.05) is 6.04 Å². The van der Waals surface area contributed by atoms with Crippen LogP contribution in [0.1, 0.15) is 37.7 Å². The fourth-order valence-corrected chi connectivity index (χ4v) is 2.83. The summed E-state index contributed by atoms with van der Waals surface area (Å²) in [5.41, 5.74) is 0.865. The summed E-state index contributed by atoms with van der Waals surface area (Å²) in [6, 6.07) is 7.53. The van der Waals surface area contributed by atoms with E-state index in [2.05, 4.69) is 5.32 Å². The van der Waals surface area contributed by atoms with E-state index in [1.165, 1.54) is 6.42 Å². The van der Waals surface area contributed by atoms with Crippen LogP contribution in [0.25, 0.3) is 6.08 Å². The molecule has 0 radical (unpaired) electrons. The predicted molar refractivity (Wildman–Crippen MR) is 81.2 cm³/mol. The van der Waals surface area contributed by atoms with Crippen LogP contribution < -0.4 is 14.8 Å². The number of carbonyl (C=O) groups excluding carboxylic acids is 1. The molecule has 1 N–H and O–H groups in total. The number of hydrogen-bond acceptors (Lipinski definition) is 4. The van der Waals surface area contributed by atoms with E-state index in [9.17, 15) is 10.1 Å². The van der Waals surface area contributed by atoms with Crippen LogP contribution in [0.4, 0.5) is 0 Å². The zero-order valence-corrected chi connectivity index (χ0v) is 12.3. The second-order valence-electron chi connectivity index (χ2n) is 5.59. The highest BCUT2D eigenvalue weighted by molar-refractivity contribution is 6.01. The molecule has 0 atom stereocenters. The Balaban J connectivity index is 1.72. The van der Waals surface area contributed by atoms with Crippen LogP contribution in [0, 0.1) is 11.3 Å². The molecule has 1 amide bonds. The standard InChI is InChI=1S/C17H18N2O3/c18-10-13(17(20)19-14-4-2-1-3-5-14)8-12-6-7-15-16(9-12)22-11-21-15/h6-9,14H,1-5,11H2,(H,19,20). The second kappa shape index (κ2) is 6.52. The van der Waals surface area contributed by atoms with Crippen LogP contribution >= 0.6 is 0 Å². The Morgan fingerprint density at radius 3 is 2.77 bits per heavy atom. The summed E-state index contributed by atoms with van der Waals surface area (Å²) in [5, 5.41) is 12.2. The molecule has 5 nitrogen and oxygen atoms in total. The summed E-state index contributed by atoms with van der Waals surface area (Å²) >= 11 is 0. The lowest BCUT2D eigenvalue weighted by atomic mass is 9.95. The van der Waals surface area contributed by atoms with Crippen molar-refractivity contribution in [2.24, 2.45) is 0 Å². The molecule has 22 heavy (non-hydrogen) atoms. The molecule has 1 aliphatic heterocycles. The van der Waals surface area contributed by atoms with Gasteiger partial charge in [-0.1, -0.05) is 25.3 Å². The van der Waals surface area contributed by atoms with Crippen molar-refractivity contribution in [1.82, 2.24) is 5.32 Å². The third kappa shape index (κ3) is 3.22. The molecule has 114 valence electrons. The Morgan fingerprint density at radius 2 is 2.00 bits per heavy atom. The van der Waals surface area contributed by atoms with E-state index in [0.717, 1.165) is 31.2 Å². The molecule has 1 aromatic rings. The van der Waals surface area contributed by atoms with E-state index in [4.69, 9.17) is 9.47 Å². The summed E-state index contributed by atoms with van der Waals surface area (Å²) < 4.78 is 10.5. The van der Waals surface area contributed by atoms with Gasteiger partial charge in [-0.05, 0) is 36.6 Å². The quantitative estimate of drug-likeness (QED) is 0.688. The number of hydrogen-bond donors (Lipinski definition) is 1. The lowest BCUT2D eigenvalue weighted by molar-refractivity contribution is -0.117. The minimum atomic E-state index is -0.299. The molecular weight excluding hydrogens is 280 g/mol. The monoisotopic (exact) mass is 298 g/mol. The van der Waals surface area contributed by atoms with Crippen molar-refractivity contribution in [1.29, 1.82) is 5.26 Å². The molecule has 1 fully saturated rings. The first-order valence-electron chi connectivity index (χ1n) is 7.58. The molecule has 1 saturated carbocycles. The van der Waals surface area contributed by atoms with Gasteiger partial charge in [0.05, 0.1) is 0 Å². The Labute approximate surface area is 129 Å². The van der Waals surface area contributed by atoms with Crippen LogP contribution in [-0.4, -0.2) is 18.7 Å². The first kappa shape index (κ1) is 14.5. The van der Waals surface area contributed by atoms with E-state index >= 15 is 0 Å². The van der Waals surface area contributed by atoms with Crippen molar-refractivity contribution in [3.8, 4) is 17.6 Å². The van der Waals surface area contributed by atoms with E-state index in [1.54, 1.807) is 24.3 Å². The number of amides is 1. The minimum Gasteiger partial charge on any atom is -0.454 e.